The molecule has 1 N–H and O–H groups in total. The number of pyridine rings is 1. The molecule has 37 heavy (non-hydrogen) atoms. The molecule has 0 bridgehead atoms. The summed E-state index contributed by atoms with van der Waals surface area (Å²) in [6.07, 6.45) is 6.67. The van der Waals surface area contributed by atoms with Crippen molar-refractivity contribution in [3.05, 3.63) is 94.3 Å². The van der Waals surface area contributed by atoms with Gasteiger partial charge in [0.1, 0.15) is 12.2 Å². The topological polar surface area (TPSA) is 112 Å². The van der Waals surface area contributed by atoms with Crippen LogP contribution in [0.25, 0.3) is 39.1 Å². The van der Waals surface area contributed by atoms with E-state index in [4.69, 9.17) is 11.6 Å². The van der Waals surface area contributed by atoms with E-state index < -0.39 is 0 Å². The highest BCUT2D eigenvalue weighted by Gasteiger charge is 2.28. The number of H-pyrrole nitrogens is 1. The van der Waals surface area contributed by atoms with Gasteiger partial charge in [0.05, 0.1) is 41.0 Å². The average Bonchev–Trinajstić information content (AvgIpc) is 3.70. The first-order valence-corrected chi connectivity index (χ1v) is 12.2. The summed E-state index contributed by atoms with van der Waals surface area (Å²) in [6, 6.07) is 15.1. The van der Waals surface area contributed by atoms with Gasteiger partial charge < -0.3 is 14.1 Å². The second-order valence-electron chi connectivity index (χ2n) is 9.16. The Morgan fingerprint density at radius 3 is 2.81 bits per heavy atom. The minimum absolute atomic E-state index is 0.0921. The molecule has 1 atom stereocenters. The molecule has 0 unspecified atom stereocenters. The first-order valence-electron chi connectivity index (χ1n) is 11.8. The zero-order valence-electron chi connectivity index (χ0n) is 19.7. The van der Waals surface area contributed by atoms with Gasteiger partial charge in [-0.2, -0.15) is 4.68 Å². The van der Waals surface area contributed by atoms with Crippen LogP contribution in [0.15, 0.2) is 72.2 Å². The summed E-state index contributed by atoms with van der Waals surface area (Å²) < 4.78 is 5.38. The van der Waals surface area contributed by atoms with Crippen LogP contribution in [-0.4, -0.2) is 44.3 Å². The van der Waals surface area contributed by atoms with Gasteiger partial charge in [0, 0.05) is 35.0 Å². The minimum Gasteiger partial charge on any atom is -0.340 e. The highest BCUT2D eigenvalue weighted by atomic mass is 35.5. The second-order valence-corrected chi connectivity index (χ2v) is 9.59. The van der Waals surface area contributed by atoms with Crippen LogP contribution >= 0.6 is 11.6 Å². The van der Waals surface area contributed by atoms with Crippen LogP contribution in [0.2, 0.25) is 5.02 Å². The average molecular weight is 510 g/mol. The molecule has 0 amide bonds. The van der Waals surface area contributed by atoms with E-state index in [1.165, 1.54) is 6.33 Å². The number of aryl methyl sites for hydroxylation is 2. The summed E-state index contributed by atoms with van der Waals surface area (Å²) in [7, 11) is 1.98. The highest BCUT2D eigenvalue weighted by molar-refractivity contribution is 6.31. The molecule has 0 saturated heterocycles. The van der Waals surface area contributed by atoms with Gasteiger partial charge in [-0.15, -0.1) is 5.10 Å². The number of benzene rings is 2. The van der Waals surface area contributed by atoms with Gasteiger partial charge in [-0.05, 0) is 65.2 Å². The number of aromatic amines is 1. The fourth-order valence-electron chi connectivity index (χ4n) is 5.18. The molecule has 7 rings (SSSR count). The summed E-state index contributed by atoms with van der Waals surface area (Å²) in [5, 5.41) is 12.0. The summed E-state index contributed by atoms with van der Waals surface area (Å²) in [6.45, 7) is 0. The fourth-order valence-corrected chi connectivity index (χ4v) is 5.35. The van der Waals surface area contributed by atoms with E-state index in [2.05, 4.69) is 42.6 Å². The van der Waals surface area contributed by atoms with Crippen molar-refractivity contribution in [1.29, 1.82) is 0 Å². The highest BCUT2D eigenvalue weighted by Crippen LogP contribution is 2.34. The van der Waals surface area contributed by atoms with Gasteiger partial charge >= 0.3 is 0 Å². The van der Waals surface area contributed by atoms with Crippen LogP contribution in [0.1, 0.15) is 24.0 Å². The van der Waals surface area contributed by atoms with Crippen LogP contribution in [-0.2, 0) is 13.5 Å². The van der Waals surface area contributed by atoms with Gasteiger partial charge in [-0.1, -0.05) is 17.7 Å². The van der Waals surface area contributed by atoms with E-state index in [-0.39, 0.29) is 11.6 Å². The molecule has 0 aliphatic carbocycles. The number of hydrogen-bond donors (Lipinski definition) is 1. The summed E-state index contributed by atoms with van der Waals surface area (Å²) in [4.78, 5) is 26.0. The number of halogens is 1. The number of rotatable bonds is 4. The van der Waals surface area contributed by atoms with Gasteiger partial charge in [0.25, 0.3) is 5.56 Å². The summed E-state index contributed by atoms with van der Waals surface area (Å²) >= 11 is 6.31. The van der Waals surface area contributed by atoms with Crippen LogP contribution in [0.4, 0.5) is 0 Å². The largest absolute Gasteiger partial charge is 0.340 e. The summed E-state index contributed by atoms with van der Waals surface area (Å²) in [5.41, 5.74) is 7.05. The SMILES string of the molecule is Cn1cnc2cc(-c3cnc([C@@H]4CCc5cc(-c6cc(Cl)ccc6-n6cnnn6)cc(=O)n54)[nH]3)ccc21. The lowest BCUT2D eigenvalue weighted by Gasteiger charge is -2.15. The fraction of sp³-hybridized carbons (Fsp3) is 0.154. The van der Waals surface area contributed by atoms with Gasteiger partial charge in [-0.3, -0.25) is 4.79 Å². The number of hydrogen-bond acceptors (Lipinski definition) is 6. The van der Waals surface area contributed by atoms with Crippen molar-refractivity contribution >= 4 is 22.6 Å². The van der Waals surface area contributed by atoms with Crippen LogP contribution in [0.5, 0.6) is 0 Å². The molecule has 0 saturated carbocycles. The zero-order valence-corrected chi connectivity index (χ0v) is 20.5. The maximum Gasteiger partial charge on any atom is 0.252 e. The van der Waals surface area contributed by atoms with Gasteiger partial charge in [-0.25, -0.2) is 9.97 Å². The third-order valence-corrected chi connectivity index (χ3v) is 7.18. The Labute approximate surface area is 215 Å². The van der Waals surface area contributed by atoms with Crippen LogP contribution in [0, 0.1) is 0 Å². The van der Waals surface area contributed by atoms with Crippen molar-refractivity contribution in [1.82, 2.24) is 44.3 Å². The second kappa shape index (κ2) is 8.24. The number of nitrogens with one attached hydrogen (secondary N) is 1. The maximum atomic E-state index is 13.4. The molecular weight excluding hydrogens is 490 g/mol. The normalized spacial score (nSPS) is 14.9. The Morgan fingerprint density at radius 2 is 1.95 bits per heavy atom. The molecule has 2 aromatic carbocycles. The number of imidazole rings is 2. The molecule has 6 aromatic rings. The molecule has 11 heteroatoms. The van der Waals surface area contributed by atoms with Crippen LogP contribution in [0.3, 0.4) is 0 Å². The molecule has 0 spiro atoms. The first-order chi connectivity index (χ1) is 18.0. The minimum atomic E-state index is -0.165. The van der Waals surface area contributed by atoms with Crippen molar-refractivity contribution in [2.24, 2.45) is 7.05 Å². The molecule has 0 radical (unpaired) electrons. The lowest BCUT2D eigenvalue weighted by molar-refractivity contribution is 0.572. The quantitative estimate of drug-likeness (QED) is 0.385. The Kier molecular flexibility index (Phi) is 4.83. The van der Waals surface area contributed by atoms with Crippen molar-refractivity contribution in [3.63, 3.8) is 0 Å². The zero-order chi connectivity index (χ0) is 25.1. The van der Waals surface area contributed by atoms with E-state index in [0.29, 0.717) is 5.02 Å². The molecule has 5 heterocycles. The molecule has 1 aliphatic rings. The lowest BCUT2D eigenvalue weighted by Crippen LogP contribution is -2.23. The van der Waals surface area contributed by atoms with E-state index in [0.717, 1.165) is 63.5 Å². The van der Waals surface area contributed by atoms with E-state index >= 15 is 0 Å². The Hall–Kier alpha value is -4.57. The first kappa shape index (κ1) is 21.7. The molecule has 0 fully saturated rings. The standard InChI is InChI=1S/C26H20ClN9O/c1-34-13-29-20-9-15(2-5-23(20)34)21-12-28-26(31-21)24-7-4-18-8-16(10-25(37)36(18)24)19-11-17(27)3-6-22(19)35-14-30-32-33-35/h2-3,5-6,8-14,24H,4,7H2,1H3,(H,28,31)/t24-/m0/s1. The van der Waals surface area contributed by atoms with Crippen molar-refractivity contribution in [2.75, 3.05) is 0 Å². The predicted octanol–water partition coefficient (Wildman–Crippen LogP) is 3.96. The maximum absolute atomic E-state index is 13.4. The van der Waals surface area contributed by atoms with Gasteiger partial charge in [0.15, 0.2) is 0 Å². The Balaban J connectivity index is 1.25. The third kappa shape index (κ3) is 3.56. The molecule has 10 nitrogen and oxygen atoms in total. The lowest BCUT2D eigenvalue weighted by atomic mass is 10.0. The van der Waals surface area contributed by atoms with Crippen molar-refractivity contribution in [3.8, 4) is 28.1 Å². The Bertz CT molecular complexity index is 1850. The third-order valence-electron chi connectivity index (χ3n) is 6.95. The van der Waals surface area contributed by atoms with E-state index in [1.807, 2.05) is 46.6 Å². The number of nitrogens with zero attached hydrogens (tertiary/aromatic N) is 8. The molecule has 4 aromatic heterocycles. The smallest absolute Gasteiger partial charge is 0.252 e. The number of aromatic nitrogens is 9. The van der Waals surface area contributed by atoms with Crippen LogP contribution < -0.4 is 5.56 Å². The van der Waals surface area contributed by atoms with E-state index in [1.54, 1.807) is 23.1 Å². The summed E-state index contributed by atoms with van der Waals surface area (Å²) in [5.74, 6) is 0.766. The molecular formula is C26H20ClN9O. The van der Waals surface area contributed by atoms with Crippen molar-refractivity contribution < 1.29 is 0 Å². The Morgan fingerprint density at radius 1 is 1.03 bits per heavy atom. The molecule has 182 valence electrons. The monoisotopic (exact) mass is 509 g/mol. The van der Waals surface area contributed by atoms with Crippen molar-refractivity contribution in [2.45, 2.75) is 18.9 Å². The number of fused-ring (bicyclic) bond motifs is 2. The predicted molar refractivity (Wildman–Crippen MR) is 139 cm³/mol. The van der Waals surface area contributed by atoms with Gasteiger partial charge in [0.2, 0.25) is 0 Å². The van der Waals surface area contributed by atoms with E-state index in [9.17, 15) is 4.79 Å². The number of tetrazole rings is 1. The molecule has 1 aliphatic heterocycles.